The molecule has 0 heterocycles. The molecule has 0 aliphatic heterocycles. The van der Waals surface area contributed by atoms with Crippen molar-refractivity contribution in [3.05, 3.63) is 15.0 Å². The normalized spacial score (nSPS) is 9.85. The van der Waals surface area contributed by atoms with Gasteiger partial charge in [0.15, 0.2) is 11.5 Å². The van der Waals surface area contributed by atoms with Crippen LogP contribution in [0.5, 0.6) is 17.2 Å². The highest BCUT2D eigenvalue weighted by molar-refractivity contribution is 9.13. The van der Waals surface area contributed by atoms with E-state index in [0.29, 0.717) is 8.95 Å². The fourth-order valence-electron chi connectivity index (χ4n) is 1.20. The first-order chi connectivity index (χ1) is 9.22. The summed E-state index contributed by atoms with van der Waals surface area (Å²) in [5.41, 5.74) is 0. The summed E-state index contributed by atoms with van der Waals surface area (Å²) in [5, 5.41) is 0. The Morgan fingerprint density at radius 3 is 1.75 bits per heavy atom. The van der Waals surface area contributed by atoms with Gasteiger partial charge in [-0.3, -0.25) is 14.4 Å². The molecule has 1 aromatic rings. The number of ether oxygens (including phenoxy) is 3. The third-order valence-corrected chi connectivity index (χ3v) is 3.65. The number of carbonyl (C=O) groups is 3. The van der Waals surface area contributed by atoms with E-state index in [1.807, 2.05) is 0 Å². The van der Waals surface area contributed by atoms with Gasteiger partial charge in [-0.2, -0.15) is 0 Å². The highest BCUT2D eigenvalue weighted by Gasteiger charge is 2.24. The fraction of sp³-hybridized carbons (Fsp3) is 0.250. The molecule has 0 amide bonds. The molecule has 0 aliphatic carbocycles. The molecule has 20 heavy (non-hydrogen) atoms. The van der Waals surface area contributed by atoms with Crippen molar-refractivity contribution in [3.8, 4) is 17.2 Å². The second kappa shape index (κ2) is 6.85. The van der Waals surface area contributed by atoms with Crippen LogP contribution in [0.2, 0.25) is 0 Å². The van der Waals surface area contributed by atoms with Crippen LogP contribution in [0.15, 0.2) is 8.95 Å². The number of carbonyl (C=O) groups excluding carboxylic acids is 3. The maximum absolute atomic E-state index is 11.1. The lowest BCUT2D eigenvalue weighted by Gasteiger charge is -2.15. The lowest BCUT2D eigenvalue weighted by atomic mass is 10.3. The Kier molecular flexibility index (Phi) is 5.70. The van der Waals surface area contributed by atoms with E-state index in [4.69, 9.17) is 14.2 Å². The van der Waals surface area contributed by atoms with Gasteiger partial charge < -0.3 is 14.2 Å². The summed E-state index contributed by atoms with van der Waals surface area (Å²) in [6, 6.07) is 2.65. The summed E-state index contributed by atoms with van der Waals surface area (Å²) in [6.07, 6.45) is 0. The molecule has 0 atom stereocenters. The van der Waals surface area contributed by atoms with Crippen LogP contribution in [0.1, 0.15) is 20.8 Å². The summed E-state index contributed by atoms with van der Waals surface area (Å²) in [4.78, 5) is 33.3. The van der Waals surface area contributed by atoms with Crippen molar-refractivity contribution in [2.24, 2.45) is 0 Å². The lowest BCUT2D eigenvalue weighted by Crippen LogP contribution is -2.11. The van der Waals surface area contributed by atoms with Crippen molar-refractivity contribution in [1.29, 1.82) is 0 Å². The molecule has 0 aromatic heterocycles. The Labute approximate surface area is 131 Å². The van der Waals surface area contributed by atoms with Crippen LogP contribution in [0, 0.1) is 6.07 Å². The van der Waals surface area contributed by atoms with E-state index in [1.165, 1.54) is 13.8 Å². The second-order valence-electron chi connectivity index (χ2n) is 3.52. The lowest BCUT2D eigenvalue weighted by molar-refractivity contribution is -0.135. The van der Waals surface area contributed by atoms with E-state index in [-0.39, 0.29) is 17.2 Å². The Balaban J connectivity index is 3.49. The van der Waals surface area contributed by atoms with Crippen molar-refractivity contribution in [3.63, 3.8) is 0 Å². The van der Waals surface area contributed by atoms with Gasteiger partial charge in [0.2, 0.25) is 5.75 Å². The van der Waals surface area contributed by atoms with E-state index in [0.717, 1.165) is 6.92 Å². The Morgan fingerprint density at radius 1 is 0.850 bits per heavy atom. The van der Waals surface area contributed by atoms with Crippen LogP contribution in [0.4, 0.5) is 0 Å². The summed E-state index contributed by atoms with van der Waals surface area (Å²) >= 11 is 6.31. The average Bonchev–Trinajstić information content (AvgIpc) is 2.28. The molecule has 8 heteroatoms. The van der Waals surface area contributed by atoms with Crippen LogP contribution in [0.25, 0.3) is 0 Å². The Hall–Kier alpha value is -1.41. The standard InChI is InChI=1S/C12H9Br2O6/c1-5(15)18-9-4-8(13)10(14)12(20-7(3)17)11(9)19-6(2)16/h1-3H3. The first-order valence-electron chi connectivity index (χ1n) is 5.22. The topological polar surface area (TPSA) is 78.9 Å². The fourth-order valence-corrected chi connectivity index (χ4v) is 1.92. The second-order valence-corrected chi connectivity index (χ2v) is 5.11. The molecular weight excluding hydrogens is 400 g/mol. The molecule has 6 nitrogen and oxygen atoms in total. The van der Waals surface area contributed by atoms with Crippen molar-refractivity contribution in [2.45, 2.75) is 20.8 Å². The SMILES string of the molecule is CC(=O)Oc1[c]c(Br)c(Br)c(OC(C)=O)c1OC(C)=O. The number of hydrogen-bond acceptors (Lipinski definition) is 6. The minimum atomic E-state index is -0.672. The van der Waals surface area contributed by atoms with E-state index < -0.39 is 17.9 Å². The number of hydrogen-bond donors (Lipinski definition) is 0. The predicted octanol–water partition coefficient (Wildman–Crippen LogP) is 2.79. The maximum Gasteiger partial charge on any atom is 0.308 e. The monoisotopic (exact) mass is 407 g/mol. The largest absolute Gasteiger partial charge is 0.422 e. The number of halogens is 2. The predicted molar refractivity (Wildman–Crippen MR) is 74.6 cm³/mol. The maximum atomic E-state index is 11.1. The molecule has 0 saturated heterocycles. The van der Waals surface area contributed by atoms with E-state index in [9.17, 15) is 14.4 Å². The van der Waals surface area contributed by atoms with Gasteiger partial charge in [0.25, 0.3) is 0 Å². The number of benzene rings is 1. The van der Waals surface area contributed by atoms with Gasteiger partial charge in [-0.15, -0.1) is 0 Å². The van der Waals surface area contributed by atoms with Crippen molar-refractivity contribution >= 4 is 49.8 Å². The van der Waals surface area contributed by atoms with Crippen LogP contribution in [0.3, 0.4) is 0 Å². The van der Waals surface area contributed by atoms with Gasteiger partial charge in [0, 0.05) is 31.3 Å². The minimum Gasteiger partial charge on any atom is -0.422 e. The van der Waals surface area contributed by atoms with Crippen LogP contribution in [-0.2, 0) is 14.4 Å². The van der Waals surface area contributed by atoms with Crippen LogP contribution < -0.4 is 14.2 Å². The van der Waals surface area contributed by atoms with E-state index >= 15 is 0 Å². The quantitative estimate of drug-likeness (QED) is 0.565. The van der Waals surface area contributed by atoms with Crippen LogP contribution in [-0.4, -0.2) is 17.9 Å². The van der Waals surface area contributed by atoms with Crippen molar-refractivity contribution < 1.29 is 28.6 Å². The summed E-state index contributed by atoms with van der Waals surface area (Å²) in [6.45, 7) is 3.51. The molecule has 1 aromatic carbocycles. The number of esters is 3. The summed E-state index contributed by atoms with van der Waals surface area (Å²) < 4.78 is 15.4. The van der Waals surface area contributed by atoms with Crippen molar-refractivity contribution in [1.82, 2.24) is 0 Å². The highest BCUT2D eigenvalue weighted by Crippen LogP contribution is 2.46. The van der Waals surface area contributed by atoms with Gasteiger partial charge in [-0.1, -0.05) is 0 Å². The summed E-state index contributed by atoms with van der Waals surface area (Å²) in [5.74, 6) is -2.41. The molecule has 0 aliphatic rings. The van der Waals surface area contributed by atoms with E-state index in [1.54, 1.807) is 0 Å². The zero-order valence-electron chi connectivity index (χ0n) is 10.7. The van der Waals surface area contributed by atoms with Gasteiger partial charge in [-0.25, -0.2) is 0 Å². The first-order valence-corrected chi connectivity index (χ1v) is 6.80. The Bertz CT molecular complexity index is 582. The van der Waals surface area contributed by atoms with E-state index in [2.05, 4.69) is 37.9 Å². The molecule has 0 unspecified atom stereocenters. The zero-order valence-corrected chi connectivity index (χ0v) is 13.9. The average molecular weight is 409 g/mol. The number of rotatable bonds is 3. The molecule has 107 valence electrons. The molecule has 0 fully saturated rings. The van der Waals surface area contributed by atoms with Gasteiger partial charge >= 0.3 is 17.9 Å². The molecule has 1 rings (SSSR count). The third-order valence-electron chi connectivity index (χ3n) is 1.77. The molecular formula is C12H9Br2O6. The first kappa shape index (κ1) is 16.6. The van der Waals surface area contributed by atoms with Gasteiger partial charge in [0.1, 0.15) is 0 Å². The van der Waals surface area contributed by atoms with Gasteiger partial charge in [0.05, 0.1) is 4.47 Å². The zero-order chi connectivity index (χ0) is 15.4. The van der Waals surface area contributed by atoms with Gasteiger partial charge in [-0.05, 0) is 31.9 Å². The minimum absolute atomic E-state index is 0.0884. The van der Waals surface area contributed by atoms with Crippen LogP contribution >= 0.6 is 31.9 Å². The van der Waals surface area contributed by atoms with Crippen molar-refractivity contribution in [2.75, 3.05) is 0 Å². The molecule has 0 saturated carbocycles. The molecule has 1 radical (unpaired) electrons. The molecule has 0 bridgehead atoms. The highest BCUT2D eigenvalue weighted by atomic mass is 79.9. The third kappa shape index (κ3) is 4.31. The smallest absolute Gasteiger partial charge is 0.308 e. The summed E-state index contributed by atoms with van der Waals surface area (Å²) in [7, 11) is 0. The Morgan fingerprint density at radius 2 is 1.30 bits per heavy atom. The molecule has 0 N–H and O–H groups in total. The molecule has 0 spiro atoms.